The first-order valence-corrected chi connectivity index (χ1v) is 9.54. The van der Waals surface area contributed by atoms with Crippen molar-refractivity contribution in [2.45, 2.75) is 13.3 Å². The zero-order valence-electron chi connectivity index (χ0n) is 16.3. The lowest BCUT2D eigenvalue weighted by atomic mass is 10.1. The fourth-order valence-corrected chi connectivity index (χ4v) is 3.36. The van der Waals surface area contributed by atoms with Gasteiger partial charge in [-0.3, -0.25) is 15.2 Å². The van der Waals surface area contributed by atoms with E-state index in [-0.39, 0.29) is 5.56 Å². The molecular weight excluding hydrogens is 380 g/mol. The Balaban J connectivity index is 1.82. The highest BCUT2D eigenvalue weighted by atomic mass is 16.3. The van der Waals surface area contributed by atoms with E-state index in [1.54, 1.807) is 30.3 Å². The van der Waals surface area contributed by atoms with Gasteiger partial charge in [-0.05, 0) is 30.0 Å². The SMILES string of the molecule is CCC(=NNc1cccc2ccccc12)c1c(O)n(-c2ccccc2)c(=O)[nH]c1=O. The monoisotopic (exact) mass is 400 g/mol. The van der Waals surface area contributed by atoms with E-state index in [2.05, 4.69) is 15.5 Å². The van der Waals surface area contributed by atoms with Crippen molar-refractivity contribution in [3.63, 3.8) is 0 Å². The van der Waals surface area contributed by atoms with E-state index in [1.807, 2.05) is 49.4 Å². The standard InChI is InChI=1S/C23H20N4O3/c1-2-18(25-26-19-14-8-10-15-9-6-7-13-17(15)19)20-21(28)24-23(30)27(22(20)29)16-11-4-3-5-12-16/h3-14,26,29H,2H2,1H3,(H,24,28,30). The molecule has 0 amide bonds. The minimum Gasteiger partial charge on any atom is -0.493 e. The molecule has 0 saturated carbocycles. The van der Waals surface area contributed by atoms with Crippen LogP contribution in [0.4, 0.5) is 5.69 Å². The van der Waals surface area contributed by atoms with Gasteiger partial charge in [0.2, 0.25) is 5.88 Å². The first-order chi connectivity index (χ1) is 14.6. The van der Waals surface area contributed by atoms with Gasteiger partial charge in [-0.2, -0.15) is 5.10 Å². The highest BCUT2D eigenvalue weighted by Gasteiger charge is 2.19. The van der Waals surface area contributed by atoms with Crippen LogP contribution in [0.25, 0.3) is 16.5 Å². The summed E-state index contributed by atoms with van der Waals surface area (Å²) >= 11 is 0. The summed E-state index contributed by atoms with van der Waals surface area (Å²) in [5.41, 5.74) is 3.08. The van der Waals surface area contributed by atoms with Gasteiger partial charge in [-0.15, -0.1) is 0 Å². The van der Waals surface area contributed by atoms with Gasteiger partial charge in [0.05, 0.1) is 17.1 Å². The average Bonchev–Trinajstić information content (AvgIpc) is 2.76. The predicted molar refractivity (Wildman–Crippen MR) is 119 cm³/mol. The van der Waals surface area contributed by atoms with Gasteiger partial charge >= 0.3 is 5.69 Å². The summed E-state index contributed by atoms with van der Waals surface area (Å²) in [6, 6.07) is 22.3. The Morgan fingerprint density at radius 1 is 1.00 bits per heavy atom. The van der Waals surface area contributed by atoms with Crippen LogP contribution in [-0.2, 0) is 0 Å². The van der Waals surface area contributed by atoms with Crippen LogP contribution >= 0.6 is 0 Å². The molecule has 0 unspecified atom stereocenters. The molecule has 0 aliphatic carbocycles. The number of aromatic hydroxyl groups is 1. The van der Waals surface area contributed by atoms with Gasteiger partial charge < -0.3 is 5.11 Å². The van der Waals surface area contributed by atoms with E-state index < -0.39 is 17.1 Å². The molecule has 1 aromatic heterocycles. The predicted octanol–water partition coefficient (Wildman–Crippen LogP) is 3.61. The van der Waals surface area contributed by atoms with Crippen LogP contribution in [0.2, 0.25) is 0 Å². The van der Waals surface area contributed by atoms with Gasteiger partial charge in [0.1, 0.15) is 5.56 Å². The van der Waals surface area contributed by atoms with Crippen molar-refractivity contribution >= 4 is 22.2 Å². The van der Waals surface area contributed by atoms with E-state index >= 15 is 0 Å². The third kappa shape index (κ3) is 3.48. The molecule has 0 aliphatic heterocycles. The molecule has 1 heterocycles. The fourth-order valence-electron chi connectivity index (χ4n) is 3.36. The fraction of sp³-hybridized carbons (Fsp3) is 0.0870. The van der Waals surface area contributed by atoms with Crippen LogP contribution in [0.15, 0.2) is 87.5 Å². The molecule has 0 radical (unpaired) electrons. The van der Waals surface area contributed by atoms with E-state index in [0.29, 0.717) is 17.8 Å². The number of aromatic amines is 1. The molecule has 0 atom stereocenters. The molecule has 0 fully saturated rings. The highest BCUT2D eigenvalue weighted by Crippen LogP contribution is 2.24. The maximum atomic E-state index is 12.5. The molecule has 7 heteroatoms. The number of rotatable bonds is 5. The lowest BCUT2D eigenvalue weighted by molar-refractivity contribution is 0.429. The second-order valence-corrected chi connectivity index (χ2v) is 6.68. The number of anilines is 1. The van der Waals surface area contributed by atoms with Crippen molar-refractivity contribution < 1.29 is 5.11 Å². The first kappa shape index (κ1) is 19.2. The Morgan fingerprint density at radius 3 is 2.47 bits per heavy atom. The number of hydrazone groups is 1. The zero-order chi connectivity index (χ0) is 21.1. The number of benzene rings is 3. The van der Waals surface area contributed by atoms with Gasteiger partial charge in [0, 0.05) is 5.39 Å². The van der Waals surface area contributed by atoms with Crippen LogP contribution in [0.5, 0.6) is 5.88 Å². The van der Waals surface area contributed by atoms with Gasteiger partial charge in [0.15, 0.2) is 0 Å². The number of H-pyrrole nitrogens is 1. The van der Waals surface area contributed by atoms with Crippen molar-refractivity contribution in [2.75, 3.05) is 5.43 Å². The Labute approximate surface area is 172 Å². The van der Waals surface area contributed by atoms with E-state index in [0.717, 1.165) is 21.0 Å². The Kier molecular flexibility index (Phi) is 5.17. The smallest absolute Gasteiger partial charge is 0.335 e. The topological polar surface area (TPSA) is 99.5 Å². The highest BCUT2D eigenvalue weighted by molar-refractivity contribution is 6.03. The van der Waals surface area contributed by atoms with Crippen LogP contribution in [0.3, 0.4) is 0 Å². The van der Waals surface area contributed by atoms with Crippen molar-refractivity contribution in [3.05, 3.63) is 99.2 Å². The van der Waals surface area contributed by atoms with Crippen LogP contribution in [0, 0.1) is 0 Å². The van der Waals surface area contributed by atoms with Crippen LogP contribution < -0.4 is 16.7 Å². The van der Waals surface area contributed by atoms with Crippen molar-refractivity contribution in [2.24, 2.45) is 5.10 Å². The Morgan fingerprint density at radius 2 is 1.70 bits per heavy atom. The molecule has 4 aromatic rings. The summed E-state index contributed by atoms with van der Waals surface area (Å²) in [7, 11) is 0. The van der Waals surface area contributed by atoms with Crippen molar-refractivity contribution in [3.8, 4) is 11.6 Å². The molecule has 4 rings (SSSR count). The van der Waals surface area contributed by atoms with Crippen LogP contribution in [-0.4, -0.2) is 20.4 Å². The quantitative estimate of drug-likeness (QED) is 0.352. The number of hydrogen-bond donors (Lipinski definition) is 3. The van der Waals surface area contributed by atoms with Gasteiger partial charge in [0.25, 0.3) is 5.56 Å². The third-order valence-electron chi connectivity index (χ3n) is 4.82. The molecule has 0 saturated heterocycles. The van der Waals surface area contributed by atoms with Gasteiger partial charge in [-0.1, -0.05) is 61.5 Å². The average molecular weight is 400 g/mol. The molecular formula is C23H20N4O3. The van der Waals surface area contributed by atoms with Crippen molar-refractivity contribution in [1.82, 2.24) is 9.55 Å². The van der Waals surface area contributed by atoms with E-state index in [4.69, 9.17) is 0 Å². The lowest BCUT2D eigenvalue weighted by Gasteiger charge is -2.13. The number of para-hydroxylation sites is 1. The molecule has 0 aliphatic rings. The molecule has 0 spiro atoms. The molecule has 3 aromatic carbocycles. The molecule has 150 valence electrons. The Hall–Kier alpha value is -4.13. The summed E-state index contributed by atoms with van der Waals surface area (Å²) in [6.45, 7) is 1.82. The summed E-state index contributed by atoms with van der Waals surface area (Å²) in [5, 5.41) is 17.2. The van der Waals surface area contributed by atoms with Crippen molar-refractivity contribution in [1.29, 1.82) is 0 Å². The number of aromatic nitrogens is 2. The molecule has 7 nitrogen and oxygen atoms in total. The lowest BCUT2D eigenvalue weighted by Crippen LogP contribution is -2.33. The summed E-state index contributed by atoms with van der Waals surface area (Å²) < 4.78 is 1.06. The number of nitrogens with one attached hydrogen (secondary N) is 2. The summed E-state index contributed by atoms with van der Waals surface area (Å²) in [5.74, 6) is -0.449. The zero-order valence-corrected chi connectivity index (χ0v) is 16.3. The maximum absolute atomic E-state index is 12.5. The molecule has 3 N–H and O–H groups in total. The number of hydrogen-bond acceptors (Lipinski definition) is 5. The van der Waals surface area contributed by atoms with Crippen LogP contribution in [0.1, 0.15) is 18.9 Å². The minimum absolute atomic E-state index is 0.0475. The van der Waals surface area contributed by atoms with E-state index in [1.165, 1.54) is 0 Å². The third-order valence-corrected chi connectivity index (χ3v) is 4.82. The molecule has 30 heavy (non-hydrogen) atoms. The molecule has 0 bridgehead atoms. The van der Waals surface area contributed by atoms with Gasteiger partial charge in [-0.25, -0.2) is 9.36 Å². The second kappa shape index (κ2) is 8.08. The summed E-state index contributed by atoms with van der Waals surface area (Å²) in [4.78, 5) is 27.1. The summed E-state index contributed by atoms with van der Waals surface area (Å²) in [6.07, 6.45) is 0.362. The first-order valence-electron chi connectivity index (χ1n) is 9.54. The Bertz CT molecular complexity index is 1350. The number of fused-ring (bicyclic) bond motifs is 1. The number of nitrogens with zero attached hydrogens (tertiary/aromatic N) is 2. The van der Waals surface area contributed by atoms with E-state index in [9.17, 15) is 14.7 Å². The minimum atomic E-state index is -0.718. The maximum Gasteiger partial charge on any atom is 0.335 e. The normalized spacial score (nSPS) is 11.6. The second-order valence-electron chi connectivity index (χ2n) is 6.68. The largest absolute Gasteiger partial charge is 0.493 e.